The zero-order valence-electron chi connectivity index (χ0n) is 13.8. The number of thiol groups is 1. The summed E-state index contributed by atoms with van der Waals surface area (Å²) < 4.78 is 26.2. The molecule has 0 saturated carbocycles. The molecule has 4 heteroatoms. The standard InChI is InChI=1S/C18H30O3S/c1-2-3-4-5-6-7-8-9-10-11-14-17-15-12-13-16-18(17)21-22(19)20/h12-13,15-16,22H,2-11,14H2,1H3. The summed E-state index contributed by atoms with van der Waals surface area (Å²) in [6.45, 7) is 2.25. The summed E-state index contributed by atoms with van der Waals surface area (Å²) >= 11 is 0. The van der Waals surface area contributed by atoms with E-state index in [-0.39, 0.29) is 0 Å². The maximum atomic E-state index is 10.7. The Labute approximate surface area is 137 Å². The van der Waals surface area contributed by atoms with Crippen molar-refractivity contribution >= 4 is 11.0 Å². The van der Waals surface area contributed by atoms with E-state index in [4.69, 9.17) is 4.18 Å². The minimum Gasteiger partial charge on any atom is -0.384 e. The molecular formula is C18H30O3S. The Morgan fingerprint density at radius 3 is 1.95 bits per heavy atom. The number of benzene rings is 1. The van der Waals surface area contributed by atoms with Crippen LogP contribution in [0.3, 0.4) is 0 Å². The molecule has 126 valence electrons. The van der Waals surface area contributed by atoms with Crippen LogP contribution in [0, 0.1) is 0 Å². The summed E-state index contributed by atoms with van der Waals surface area (Å²) in [5.74, 6) is 0.481. The average molecular weight is 327 g/mol. The van der Waals surface area contributed by atoms with Gasteiger partial charge < -0.3 is 4.18 Å². The van der Waals surface area contributed by atoms with Gasteiger partial charge in [0.2, 0.25) is 0 Å². The molecule has 0 aliphatic carbocycles. The van der Waals surface area contributed by atoms with Gasteiger partial charge in [-0.2, -0.15) is 8.42 Å². The van der Waals surface area contributed by atoms with E-state index < -0.39 is 11.0 Å². The Kier molecular flexibility index (Phi) is 10.8. The van der Waals surface area contributed by atoms with Crippen molar-refractivity contribution in [3.63, 3.8) is 0 Å². The molecule has 3 nitrogen and oxygen atoms in total. The first-order valence-electron chi connectivity index (χ1n) is 8.64. The second-order valence-electron chi connectivity index (χ2n) is 5.85. The van der Waals surface area contributed by atoms with E-state index >= 15 is 0 Å². The van der Waals surface area contributed by atoms with Crippen molar-refractivity contribution in [2.45, 2.75) is 77.6 Å². The van der Waals surface area contributed by atoms with Gasteiger partial charge in [-0.05, 0) is 24.5 Å². The fourth-order valence-electron chi connectivity index (χ4n) is 2.68. The van der Waals surface area contributed by atoms with E-state index in [1.54, 1.807) is 12.1 Å². The van der Waals surface area contributed by atoms with Crippen molar-refractivity contribution in [1.29, 1.82) is 0 Å². The zero-order chi connectivity index (χ0) is 16.0. The monoisotopic (exact) mass is 326 g/mol. The molecule has 1 rings (SSSR count). The van der Waals surface area contributed by atoms with E-state index in [9.17, 15) is 8.42 Å². The van der Waals surface area contributed by atoms with Gasteiger partial charge in [-0.3, -0.25) is 0 Å². The molecule has 0 aromatic heterocycles. The van der Waals surface area contributed by atoms with Gasteiger partial charge in [0.15, 0.2) is 0 Å². The van der Waals surface area contributed by atoms with Gasteiger partial charge in [-0.1, -0.05) is 82.9 Å². The van der Waals surface area contributed by atoms with E-state index in [1.807, 2.05) is 12.1 Å². The average Bonchev–Trinajstić information content (AvgIpc) is 2.50. The predicted molar refractivity (Wildman–Crippen MR) is 92.9 cm³/mol. The highest BCUT2D eigenvalue weighted by Gasteiger charge is 2.03. The third-order valence-corrected chi connectivity index (χ3v) is 4.29. The van der Waals surface area contributed by atoms with E-state index in [0.29, 0.717) is 5.75 Å². The smallest absolute Gasteiger partial charge is 0.299 e. The van der Waals surface area contributed by atoms with Crippen LogP contribution >= 0.6 is 0 Å². The summed E-state index contributed by atoms with van der Waals surface area (Å²) in [5, 5.41) is 0. The number of hydrogen-bond donors (Lipinski definition) is 1. The van der Waals surface area contributed by atoms with Gasteiger partial charge in [0.05, 0.1) is 0 Å². The van der Waals surface area contributed by atoms with Crippen LogP contribution in [0.15, 0.2) is 24.3 Å². The van der Waals surface area contributed by atoms with Crippen LogP contribution in [0.5, 0.6) is 5.75 Å². The topological polar surface area (TPSA) is 43.4 Å². The first-order chi connectivity index (χ1) is 10.7. The molecule has 0 N–H and O–H groups in total. The molecule has 0 aliphatic heterocycles. The van der Waals surface area contributed by atoms with Crippen molar-refractivity contribution in [3.05, 3.63) is 29.8 Å². The normalized spacial score (nSPS) is 11.0. The van der Waals surface area contributed by atoms with Gasteiger partial charge in [-0.25, -0.2) is 0 Å². The van der Waals surface area contributed by atoms with Gasteiger partial charge in [-0.15, -0.1) is 0 Å². The molecule has 1 aromatic carbocycles. The lowest BCUT2D eigenvalue weighted by atomic mass is 10.0. The highest BCUT2D eigenvalue weighted by molar-refractivity contribution is 7.67. The number of hydrogen-bond acceptors (Lipinski definition) is 3. The van der Waals surface area contributed by atoms with Crippen molar-refractivity contribution in [2.75, 3.05) is 0 Å². The molecule has 0 unspecified atom stereocenters. The molecular weight excluding hydrogens is 296 g/mol. The first-order valence-corrected chi connectivity index (χ1v) is 9.74. The van der Waals surface area contributed by atoms with Crippen LogP contribution in [0.25, 0.3) is 0 Å². The van der Waals surface area contributed by atoms with Gasteiger partial charge >= 0.3 is 0 Å². The van der Waals surface area contributed by atoms with E-state index in [0.717, 1.165) is 18.4 Å². The van der Waals surface area contributed by atoms with E-state index in [1.165, 1.54) is 57.8 Å². The minimum atomic E-state index is -2.83. The molecule has 0 heterocycles. The summed E-state index contributed by atoms with van der Waals surface area (Å²) in [6.07, 6.45) is 13.9. The lowest BCUT2D eigenvalue weighted by molar-refractivity contribution is 0.505. The Hall–Kier alpha value is -1.03. The second kappa shape index (κ2) is 12.5. The maximum absolute atomic E-state index is 10.7. The highest BCUT2D eigenvalue weighted by atomic mass is 32.2. The number of rotatable bonds is 13. The maximum Gasteiger partial charge on any atom is 0.299 e. The summed E-state index contributed by atoms with van der Waals surface area (Å²) in [5.41, 5.74) is 0.987. The molecule has 1 aromatic rings. The second-order valence-corrected chi connectivity index (χ2v) is 6.48. The number of para-hydroxylation sites is 1. The fraction of sp³-hybridized carbons (Fsp3) is 0.667. The summed E-state index contributed by atoms with van der Waals surface area (Å²) in [6, 6.07) is 7.39. The Morgan fingerprint density at radius 1 is 0.818 bits per heavy atom. The highest BCUT2D eigenvalue weighted by Crippen LogP contribution is 2.21. The van der Waals surface area contributed by atoms with Gasteiger partial charge in [0, 0.05) is 0 Å². The van der Waals surface area contributed by atoms with Crippen LogP contribution < -0.4 is 4.18 Å². The largest absolute Gasteiger partial charge is 0.384 e. The van der Waals surface area contributed by atoms with E-state index in [2.05, 4.69) is 6.92 Å². The Bertz CT molecular complexity index is 461. The molecule has 0 saturated heterocycles. The van der Waals surface area contributed by atoms with Crippen LogP contribution in [0.2, 0.25) is 0 Å². The Morgan fingerprint density at radius 2 is 1.36 bits per heavy atom. The SMILES string of the molecule is CCCCCCCCCCCCc1ccccc1O[SH](=O)=O. The third-order valence-electron chi connectivity index (χ3n) is 3.95. The first kappa shape index (κ1) is 19.0. The third kappa shape index (κ3) is 9.08. The van der Waals surface area contributed by atoms with Crippen LogP contribution in [-0.4, -0.2) is 8.42 Å². The molecule has 0 aliphatic rings. The van der Waals surface area contributed by atoms with Crippen LogP contribution in [-0.2, 0) is 17.4 Å². The summed E-state index contributed by atoms with van der Waals surface area (Å²) in [4.78, 5) is 0. The number of unbranched alkanes of at least 4 members (excludes halogenated alkanes) is 9. The lowest BCUT2D eigenvalue weighted by Crippen LogP contribution is -1.95. The van der Waals surface area contributed by atoms with Crippen LogP contribution in [0.1, 0.15) is 76.7 Å². The van der Waals surface area contributed by atoms with Crippen molar-refractivity contribution in [2.24, 2.45) is 0 Å². The van der Waals surface area contributed by atoms with Crippen molar-refractivity contribution in [1.82, 2.24) is 0 Å². The zero-order valence-corrected chi connectivity index (χ0v) is 14.7. The molecule has 0 amide bonds. The molecule has 0 bridgehead atoms. The molecule has 0 spiro atoms. The Balaban J connectivity index is 2.10. The molecule has 22 heavy (non-hydrogen) atoms. The van der Waals surface area contributed by atoms with Crippen LogP contribution in [0.4, 0.5) is 0 Å². The quantitative estimate of drug-likeness (QED) is 0.407. The lowest BCUT2D eigenvalue weighted by Gasteiger charge is -2.07. The molecule has 0 fully saturated rings. The van der Waals surface area contributed by atoms with Gasteiger partial charge in [0.25, 0.3) is 11.0 Å². The molecule has 0 atom stereocenters. The van der Waals surface area contributed by atoms with Gasteiger partial charge in [0.1, 0.15) is 5.75 Å². The number of aryl methyl sites for hydroxylation is 1. The summed E-state index contributed by atoms with van der Waals surface area (Å²) in [7, 11) is -2.83. The molecule has 0 radical (unpaired) electrons. The van der Waals surface area contributed by atoms with Crippen molar-refractivity contribution < 1.29 is 12.6 Å². The van der Waals surface area contributed by atoms with Crippen molar-refractivity contribution in [3.8, 4) is 5.75 Å². The predicted octanol–water partition coefficient (Wildman–Crippen LogP) is 5.06. The fourth-order valence-corrected chi connectivity index (χ4v) is 3.02. The minimum absolute atomic E-state index is 0.481.